The zero-order chi connectivity index (χ0) is 12.3. The van der Waals surface area contributed by atoms with Crippen LogP contribution in [0, 0.1) is 0 Å². The fourth-order valence-corrected chi connectivity index (χ4v) is 2.48. The molecule has 0 saturated heterocycles. The third kappa shape index (κ3) is 3.17. The number of hydrogen-bond donors (Lipinski definition) is 1. The number of hydrogen-bond acceptors (Lipinski definition) is 2. The quantitative estimate of drug-likeness (QED) is 0.781. The molecule has 0 bridgehead atoms. The Kier molecular flexibility index (Phi) is 3.97. The number of rotatable bonds is 2. The minimum Gasteiger partial charge on any atom is -0.506 e. The van der Waals surface area contributed by atoms with Crippen LogP contribution in [0.5, 0.6) is 5.75 Å². The molecule has 0 aliphatic rings. The third-order valence-electron chi connectivity index (χ3n) is 2.16. The van der Waals surface area contributed by atoms with Crippen molar-refractivity contribution in [1.82, 2.24) is 0 Å². The standard InChI is InChI=1S/C13H9Br2NO/c14-11-6-10(7-12(15)13(11)17)16-8-9-4-2-1-3-5-9/h1-8,17H. The first kappa shape index (κ1) is 12.3. The van der Waals surface area contributed by atoms with Gasteiger partial charge in [-0.3, -0.25) is 4.99 Å². The molecule has 1 N–H and O–H groups in total. The summed E-state index contributed by atoms with van der Waals surface area (Å²) in [5, 5.41) is 9.57. The van der Waals surface area contributed by atoms with Crippen molar-refractivity contribution in [3.8, 4) is 5.75 Å². The molecule has 0 unspecified atom stereocenters. The van der Waals surface area contributed by atoms with E-state index in [-0.39, 0.29) is 5.75 Å². The Morgan fingerprint density at radius 1 is 1.00 bits per heavy atom. The van der Waals surface area contributed by atoms with Gasteiger partial charge in [-0.25, -0.2) is 0 Å². The van der Waals surface area contributed by atoms with Crippen molar-refractivity contribution in [3.05, 3.63) is 57.0 Å². The maximum atomic E-state index is 9.57. The number of benzene rings is 2. The molecular weight excluding hydrogens is 346 g/mol. The molecule has 2 nitrogen and oxygen atoms in total. The second-order valence-corrected chi connectivity index (χ2v) is 5.14. The molecule has 0 aliphatic carbocycles. The molecule has 0 heterocycles. The number of phenolic OH excluding ortho intramolecular Hbond substituents is 1. The molecule has 2 aromatic rings. The predicted octanol–water partition coefficient (Wildman–Crippen LogP) is 4.67. The Bertz CT molecular complexity index is 530. The van der Waals surface area contributed by atoms with Crippen molar-refractivity contribution in [1.29, 1.82) is 0 Å². The van der Waals surface area contributed by atoms with Gasteiger partial charge in [-0.15, -0.1) is 0 Å². The lowest BCUT2D eigenvalue weighted by Gasteiger charge is -2.01. The van der Waals surface area contributed by atoms with Crippen molar-refractivity contribution in [2.24, 2.45) is 4.99 Å². The molecule has 0 atom stereocenters. The van der Waals surface area contributed by atoms with Gasteiger partial charge in [0.05, 0.1) is 14.6 Å². The smallest absolute Gasteiger partial charge is 0.144 e. The SMILES string of the molecule is Oc1c(Br)cc(N=Cc2ccccc2)cc1Br. The Hall–Kier alpha value is -1.13. The Balaban J connectivity index is 2.28. The van der Waals surface area contributed by atoms with E-state index in [0.717, 1.165) is 11.3 Å². The van der Waals surface area contributed by atoms with Crippen LogP contribution in [-0.4, -0.2) is 11.3 Å². The van der Waals surface area contributed by atoms with Crippen LogP contribution in [0.15, 0.2) is 56.4 Å². The van der Waals surface area contributed by atoms with Crippen molar-refractivity contribution >= 4 is 43.8 Å². The van der Waals surface area contributed by atoms with Crippen LogP contribution in [0.1, 0.15) is 5.56 Å². The topological polar surface area (TPSA) is 32.6 Å². The lowest BCUT2D eigenvalue weighted by molar-refractivity contribution is 0.468. The van der Waals surface area contributed by atoms with E-state index in [1.807, 2.05) is 30.3 Å². The van der Waals surface area contributed by atoms with Crippen molar-refractivity contribution < 1.29 is 5.11 Å². The maximum absolute atomic E-state index is 9.57. The van der Waals surface area contributed by atoms with E-state index in [1.165, 1.54) is 0 Å². The molecule has 0 radical (unpaired) electrons. The fraction of sp³-hybridized carbons (Fsp3) is 0. The zero-order valence-corrected chi connectivity index (χ0v) is 11.9. The van der Waals surface area contributed by atoms with Crippen LogP contribution < -0.4 is 0 Å². The lowest BCUT2D eigenvalue weighted by atomic mass is 10.2. The first-order chi connectivity index (χ1) is 8.16. The molecule has 86 valence electrons. The summed E-state index contributed by atoms with van der Waals surface area (Å²) in [6.45, 7) is 0. The number of phenols is 1. The largest absolute Gasteiger partial charge is 0.506 e. The summed E-state index contributed by atoms with van der Waals surface area (Å²) in [6, 6.07) is 13.4. The summed E-state index contributed by atoms with van der Waals surface area (Å²) < 4.78 is 1.24. The molecule has 0 fully saturated rings. The van der Waals surface area contributed by atoms with E-state index in [1.54, 1.807) is 18.3 Å². The van der Waals surface area contributed by atoms with Crippen molar-refractivity contribution in [2.45, 2.75) is 0 Å². The first-order valence-electron chi connectivity index (χ1n) is 4.94. The van der Waals surface area contributed by atoms with E-state index < -0.39 is 0 Å². The number of halogens is 2. The minimum atomic E-state index is 0.184. The van der Waals surface area contributed by atoms with Gasteiger partial charge in [-0.1, -0.05) is 30.3 Å². The molecule has 0 saturated carbocycles. The van der Waals surface area contributed by atoms with Crippen molar-refractivity contribution in [3.63, 3.8) is 0 Å². The molecule has 2 rings (SSSR count). The average molecular weight is 355 g/mol. The highest BCUT2D eigenvalue weighted by molar-refractivity contribution is 9.11. The fourth-order valence-electron chi connectivity index (χ4n) is 1.31. The molecule has 4 heteroatoms. The summed E-state index contributed by atoms with van der Waals surface area (Å²) in [7, 11) is 0. The van der Waals surface area contributed by atoms with Crippen LogP contribution in [0.3, 0.4) is 0 Å². The highest BCUT2D eigenvalue weighted by atomic mass is 79.9. The molecule has 0 amide bonds. The van der Waals surface area contributed by atoms with Gasteiger partial charge in [-0.05, 0) is 49.6 Å². The Morgan fingerprint density at radius 3 is 2.18 bits per heavy atom. The van der Waals surface area contributed by atoms with Crippen LogP contribution >= 0.6 is 31.9 Å². The van der Waals surface area contributed by atoms with Crippen LogP contribution in [-0.2, 0) is 0 Å². The maximum Gasteiger partial charge on any atom is 0.144 e. The summed E-state index contributed by atoms with van der Waals surface area (Å²) in [4.78, 5) is 4.34. The second-order valence-electron chi connectivity index (χ2n) is 3.43. The predicted molar refractivity (Wildman–Crippen MR) is 77.2 cm³/mol. The molecule has 17 heavy (non-hydrogen) atoms. The number of aromatic hydroxyl groups is 1. The normalized spacial score (nSPS) is 10.9. The molecule has 0 spiro atoms. The second kappa shape index (κ2) is 5.47. The third-order valence-corrected chi connectivity index (χ3v) is 3.37. The van der Waals surface area contributed by atoms with Crippen molar-refractivity contribution in [2.75, 3.05) is 0 Å². The van der Waals surface area contributed by atoms with E-state index in [0.29, 0.717) is 8.95 Å². The minimum absolute atomic E-state index is 0.184. The first-order valence-corrected chi connectivity index (χ1v) is 6.52. The monoisotopic (exact) mass is 353 g/mol. The lowest BCUT2D eigenvalue weighted by Crippen LogP contribution is -1.79. The zero-order valence-electron chi connectivity index (χ0n) is 8.77. The Labute approximate surface area is 116 Å². The summed E-state index contributed by atoms with van der Waals surface area (Å²) >= 11 is 6.54. The van der Waals surface area contributed by atoms with Crippen LogP contribution in [0.2, 0.25) is 0 Å². The van der Waals surface area contributed by atoms with E-state index >= 15 is 0 Å². The van der Waals surface area contributed by atoms with Gasteiger partial charge in [-0.2, -0.15) is 0 Å². The molecular formula is C13H9Br2NO. The number of nitrogens with zero attached hydrogens (tertiary/aromatic N) is 1. The molecule has 0 aromatic heterocycles. The van der Waals surface area contributed by atoms with Gasteiger partial charge in [0.25, 0.3) is 0 Å². The van der Waals surface area contributed by atoms with E-state index in [9.17, 15) is 5.11 Å². The van der Waals surface area contributed by atoms with Gasteiger partial charge in [0.15, 0.2) is 0 Å². The Morgan fingerprint density at radius 2 is 1.59 bits per heavy atom. The summed E-state index contributed by atoms with van der Waals surface area (Å²) in [5.41, 5.74) is 1.80. The number of aliphatic imine (C=N–C) groups is 1. The van der Waals surface area contributed by atoms with Gasteiger partial charge >= 0.3 is 0 Å². The van der Waals surface area contributed by atoms with E-state index in [4.69, 9.17) is 0 Å². The highest BCUT2D eigenvalue weighted by Gasteiger charge is 2.04. The van der Waals surface area contributed by atoms with Gasteiger partial charge < -0.3 is 5.11 Å². The van der Waals surface area contributed by atoms with E-state index in [2.05, 4.69) is 36.9 Å². The van der Waals surface area contributed by atoms with Crippen LogP contribution in [0.25, 0.3) is 0 Å². The van der Waals surface area contributed by atoms with Gasteiger partial charge in [0, 0.05) is 6.21 Å². The summed E-state index contributed by atoms with van der Waals surface area (Å²) in [6.07, 6.45) is 1.78. The summed E-state index contributed by atoms with van der Waals surface area (Å²) in [5.74, 6) is 0.184. The highest BCUT2D eigenvalue weighted by Crippen LogP contribution is 2.36. The van der Waals surface area contributed by atoms with Gasteiger partial charge in [0.1, 0.15) is 5.75 Å². The van der Waals surface area contributed by atoms with Crippen LogP contribution in [0.4, 0.5) is 5.69 Å². The molecule has 0 aliphatic heterocycles. The average Bonchev–Trinajstić information content (AvgIpc) is 2.34. The van der Waals surface area contributed by atoms with Gasteiger partial charge in [0.2, 0.25) is 0 Å². The molecule has 2 aromatic carbocycles.